The number of hydrogen-bond acceptors (Lipinski definition) is 4. The number of aliphatic hydroxyl groups excluding tert-OH is 1. The van der Waals surface area contributed by atoms with Crippen molar-refractivity contribution in [1.82, 2.24) is 4.90 Å². The molecular weight excluding hydrogens is 359 g/mol. The Morgan fingerprint density at radius 3 is 2.40 bits per heavy atom. The van der Waals surface area contributed by atoms with Crippen molar-refractivity contribution in [3.63, 3.8) is 0 Å². The van der Waals surface area contributed by atoms with Gasteiger partial charge in [-0.1, -0.05) is 23.7 Å². The SMILES string of the molecule is O[C@@H](CSc1ccccc1Cl)CN1CCN(c2ccc(F)cc2)CC1. The lowest BCUT2D eigenvalue weighted by Gasteiger charge is -2.36. The topological polar surface area (TPSA) is 26.7 Å². The van der Waals surface area contributed by atoms with Crippen molar-refractivity contribution in [2.75, 3.05) is 43.4 Å². The third kappa shape index (κ3) is 5.35. The summed E-state index contributed by atoms with van der Waals surface area (Å²) in [4.78, 5) is 5.53. The zero-order chi connectivity index (χ0) is 17.6. The Hall–Kier alpha value is -1.27. The van der Waals surface area contributed by atoms with Crippen molar-refractivity contribution in [2.24, 2.45) is 0 Å². The lowest BCUT2D eigenvalue weighted by molar-refractivity contribution is 0.126. The van der Waals surface area contributed by atoms with E-state index in [0.717, 1.165) is 41.8 Å². The molecule has 0 unspecified atom stereocenters. The summed E-state index contributed by atoms with van der Waals surface area (Å²) in [6.45, 7) is 4.22. The molecule has 1 heterocycles. The second-order valence-electron chi connectivity index (χ2n) is 6.16. The number of β-amino-alcohol motifs (C(OH)–C–C–N with tert-alkyl or cyclic N) is 1. The minimum atomic E-state index is -0.390. The van der Waals surface area contributed by atoms with Gasteiger partial charge in [-0.05, 0) is 36.4 Å². The fourth-order valence-electron chi connectivity index (χ4n) is 2.94. The van der Waals surface area contributed by atoms with Crippen LogP contribution in [0.15, 0.2) is 53.4 Å². The largest absolute Gasteiger partial charge is 0.391 e. The Morgan fingerprint density at radius 1 is 1.04 bits per heavy atom. The van der Waals surface area contributed by atoms with Crippen molar-refractivity contribution >= 4 is 29.1 Å². The van der Waals surface area contributed by atoms with Gasteiger partial charge in [0.25, 0.3) is 0 Å². The Bertz CT molecular complexity index is 677. The summed E-state index contributed by atoms with van der Waals surface area (Å²) in [5.74, 6) is 0.420. The molecule has 1 N–H and O–H groups in total. The molecule has 2 aromatic carbocycles. The van der Waals surface area contributed by atoms with Crippen LogP contribution in [-0.4, -0.2) is 54.6 Å². The van der Waals surface area contributed by atoms with E-state index in [0.29, 0.717) is 12.3 Å². The number of benzene rings is 2. The van der Waals surface area contributed by atoms with Crippen molar-refractivity contribution < 1.29 is 9.50 Å². The van der Waals surface area contributed by atoms with E-state index in [-0.39, 0.29) is 5.82 Å². The van der Waals surface area contributed by atoms with Crippen LogP contribution in [0.1, 0.15) is 0 Å². The maximum absolute atomic E-state index is 13.0. The number of rotatable bonds is 6. The standard InChI is InChI=1S/C19H22ClFN2OS/c20-18-3-1-2-4-19(18)25-14-17(24)13-22-9-11-23(12-10-22)16-7-5-15(21)6-8-16/h1-8,17,24H,9-14H2/t17-/m1/s1. The van der Waals surface area contributed by atoms with E-state index in [4.69, 9.17) is 11.6 Å². The first-order valence-electron chi connectivity index (χ1n) is 8.40. The normalized spacial score (nSPS) is 16.8. The van der Waals surface area contributed by atoms with Gasteiger partial charge in [0.2, 0.25) is 0 Å². The van der Waals surface area contributed by atoms with E-state index in [1.165, 1.54) is 12.1 Å². The minimum absolute atomic E-state index is 0.207. The number of nitrogens with zero attached hydrogens (tertiary/aromatic N) is 2. The quantitative estimate of drug-likeness (QED) is 0.772. The maximum Gasteiger partial charge on any atom is 0.123 e. The molecule has 0 saturated carbocycles. The fourth-order valence-corrected chi connectivity index (χ4v) is 4.10. The molecule has 2 aromatic rings. The Morgan fingerprint density at radius 2 is 1.72 bits per heavy atom. The molecule has 1 aliphatic heterocycles. The number of hydrogen-bond donors (Lipinski definition) is 1. The summed E-state index contributed by atoms with van der Waals surface area (Å²) >= 11 is 7.73. The van der Waals surface area contributed by atoms with E-state index in [1.807, 2.05) is 36.4 Å². The Labute approximate surface area is 157 Å². The van der Waals surface area contributed by atoms with E-state index in [9.17, 15) is 9.50 Å². The number of halogens is 2. The van der Waals surface area contributed by atoms with Crippen LogP contribution in [0.25, 0.3) is 0 Å². The highest BCUT2D eigenvalue weighted by molar-refractivity contribution is 7.99. The molecule has 25 heavy (non-hydrogen) atoms. The van der Waals surface area contributed by atoms with E-state index in [2.05, 4.69) is 9.80 Å². The zero-order valence-electron chi connectivity index (χ0n) is 13.9. The van der Waals surface area contributed by atoms with Crippen LogP contribution in [0.5, 0.6) is 0 Å². The van der Waals surface area contributed by atoms with Crippen molar-refractivity contribution in [3.05, 3.63) is 59.4 Å². The summed E-state index contributed by atoms with van der Waals surface area (Å²) in [5.41, 5.74) is 1.05. The predicted molar refractivity (Wildman–Crippen MR) is 103 cm³/mol. The van der Waals surface area contributed by atoms with Gasteiger partial charge < -0.3 is 10.0 Å². The van der Waals surface area contributed by atoms with Crippen LogP contribution in [0.2, 0.25) is 5.02 Å². The number of anilines is 1. The highest BCUT2D eigenvalue weighted by Crippen LogP contribution is 2.27. The molecule has 6 heteroatoms. The molecule has 3 rings (SSSR count). The van der Waals surface area contributed by atoms with Gasteiger partial charge >= 0.3 is 0 Å². The summed E-state index contributed by atoms with van der Waals surface area (Å²) in [5, 5.41) is 11.0. The molecule has 0 aliphatic carbocycles. The summed E-state index contributed by atoms with van der Waals surface area (Å²) in [6, 6.07) is 14.3. The molecule has 134 valence electrons. The van der Waals surface area contributed by atoms with Gasteiger partial charge in [0.1, 0.15) is 5.82 Å². The van der Waals surface area contributed by atoms with Crippen LogP contribution < -0.4 is 4.90 Å². The minimum Gasteiger partial charge on any atom is -0.391 e. The smallest absolute Gasteiger partial charge is 0.123 e. The van der Waals surface area contributed by atoms with E-state index < -0.39 is 6.10 Å². The van der Waals surface area contributed by atoms with Gasteiger partial charge in [0, 0.05) is 49.1 Å². The third-order valence-corrected chi connectivity index (χ3v) is 5.96. The first-order chi connectivity index (χ1) is 12.1. The van der Waals surface area contributed by atoms with Gasteiger partial charge in [-0.2, -0.15) is 0 Å². The van der Waals surface area contributed by atoms with Crippen LogP contribution in [0, 0.1) is 5.82 Å². The average Bonchev–Trinajstić information content (AvgIpc) is 2.62. The van der Waals surface area contributed by atoms with Gasteiger partial charge in [0.15, 0.2) is 0 Å². The lowest BCUT2D eigenvalue weighted by atomic mass is 10.2. The second kappa shape index (κ2) is 8.90. The predicted octanol–water partition coefficient (Wildman–Crippen LogP) is 3.75. The molecule has 1 saturated heterocycles. The molecule has 1 aliphatic rings. The van der Waals surface area contributed by atoms with Crippen molar-refractivity contribution in [2.45, 2.75) is 11.0 Å². The highest BCUT2D eigenvalue weighted by atomic mass is 35.5. The molecule has 1 atom stereocenters. The van der Waals surface area contributed by atoms with Gasteiger partial charge in [-0.25, -0.2) is 4.39 Å². The van der Waals surface area contributed by atoms with Crippen molar-refractivity contribution in [3.8, 4) is 0 Å². The maximum atomic E-state index is 13.0. The number of piperazine rings is 1. The van der Waals surface area contributed by atoms with Crippen LogP contribution >= 0.6 is 23.4 Å². The molecule has 0 bridgehead atoms. The Balaban J connectivity index is 1.42. The first-order valence-corrected chi connectivity index (χ1v) is 9.76. The molecular formula is C19H22ClFN2OS. The summed E-state index contributed by atoms with van der Waals surface area (Å²) in [6.07, 6.45) is -0.390. The summed E-state index contributed by atoms with van der Waals surface area (Å²) < 4.78 is 13.0. The van der Waals surface area contributed by atoms with Crippen LogP contribution in [0.3, 0.4) is 0 Å². The van der Waals surface area contributed by atoms with E-state index >= 15 is 0 Å². The van der Waals surface area contributed by atoms with Gasteiger partial charge in [-0.3, -0.25) is 4.90 Å². The molecule has 0 amide bonds. The highest BCUT2D eigenvalue weighted by Gasteiger charge is 2.19. The lowest BCUT2D eigenvalue weighted by Crippen LogP contribution is -2.48. The average molecular weight is 381 g/mol. The third-order valence-electron chi connectivity index (χ3n) is 4.30. The Kier molecular flexibility index (Phi) is 6.59. The molecule has 0 spiro atoms. The van der Waals surface area contributed by atoms with Gasteiger partial charge in [0.05, 0.1) is 11.1 Å². The number of aliphatic hydroxyl groups is 1. The molecule has 0 aromatic heterocycles. The van der Waals surface area contributed by atoms with E-state index in [1.54, 1.807) is 11.8 Å². The van der Waals surface area contributed by atoms with Crippen LogP contribution in [0.4, 0.5) is 10.1 Å². The van der Waals surface area contributed by atoms with Crippen molar-refractivity contribution in [1.29, 1.82) is 0 Å². The molecule has 0 radical (unpaired) electrons. The fraction of sp³-hybridized carbons (Fsp3) is 0.368. The monoisotopic (exact) mass is 380 g/mol. The molecule has 3 nitrogen and oxygen atoms in total. The summed E-state index contributed by atoms with van der Waals surface area (Å²) in [7, 11) is 0. The van der Waals surface area contributed by atoms with Gasteiger partial charge in [-0.15, -0.1) is 11.8 Å². The number of thioether (sulfide) groups is 1. The zero-order valence-corrected chi connectivity index (χ0v) is 15.5. The second-order valence-corrected chi connectivity index (χ2v) is 7.63. The van der Waals surface area contributed by atoms with Crippen LogP contribution in [-0.2, 0) is 0 Å². The molecule has 1 fully saturated rings. The first kappa shape index (κ1) is 18.5.